The Morgan fingerprint density at radius 1 is 0.367 bits per heavy atom. The van der Waals surface area contributed by atoms with E-state index in [0.717, 1.165) is 119 Å². The minimum atomic E-state index is -0.990. The molecule has 109 heavy (non-hydrogen) atoms. The number of rotatable bonds is 19. The maximum Gasteiger partial charge on any atom is 0.354 e. The molecule has 18 nitrogen and oxygen atoms in total. The van der Waals surface area contributed by atoms with E-state index >= 15 is 0 Å². The molecular formula is C88H89Ir3N10O8-3. The molecule has 5 N–H and O–H groups in total. The maximum absolute atomic E-state index is 10.1. The molecule has 9 aromatic carbocycles. The number of aliphatic hydroxyl groups is 4. The third-order valence-electron chi connectivity index (χ3n) is 15.7. The van der Waals surface area contributed by atoms with Gasteiger partial charge < -0.3 is 64.7 Å². The van der Waals surface area contributed by atoms with Crippen LogP contribution in [0.4, 0.5) is 51.2 Å². The zero-order chi connectivity index (χ0) is 75.7. The molecule has 4 unspecified atom stereocenters. The Kier molecular flexibility index (Phi) is 38.6. The van der Waals surface area contributed by atoms with Crippen LogP contribution in [0.1, 0.15) is 71.3 Å². The van der Waals surface area contributed by atoms with E-state index in [4.69, 9.17) is 25.5 Å². The van der Waals surface area contributed by atoms with Gasteiger partial charge in [0, 0.05) is 174 Å². The molecule has 0 aliphatic heterocycles. The van der Waals surface area contributed by atoms with Crippen LogP contribution in [-0.4, -0.2) is 105 Å². The number of ether oxygens (including phenoxy) is 2. The Balaban J connectivity index is 0.000000250. The summed E-state index contributed by atoms with van der Waals surface area (Å²) in [6.45, 7) is 15.1. The molecule has 21 heteroatoms. The molecule has 0 aliphatic rings. The molecular weight excluding hydrogens is 1900 g/mol. The number of pyridine rings is 1. The van der Waals surface area contributed by atoms with E-state index in [2.05, 4.69) is 259 Å². The number of aryl methyl sites for hydroxylation is 6. The molecule has 0 saturated heterocycles. The summed E-state index contributed by atoms with van der Waals surface area (Å²) >= 11 is 0. The largest absolute Gasteiger partial charge is 0.477 e. The minimum Gasteiger partial charge on any atom is -0.477 e. The fourth-order valence-electron chi connectivity index (χ4n) is 10.9. The van der Waals surface area contributed by atoms with Crippen molar-refractivity contribution in [3.8, 4) is 33.8 Å². The number of aliphatic hydroxyl groups excluding tert-OH is 4. The fourth-order valence-corrected chi connectivity index (χ4v) is 10.9. The summed E-state index contributed by atoms with van der Waals surface area (Å²) < 4.78 is 8.88. The van der Waals surface area contributed by atoms with Gasteiger partial charge in [-0.2, -0.15) is 0 Å². The number of nitrogens with zero attached hydrogens (tertiary/aromatic N) is 10. The van der Waals surface area contributed by atoms with Crippen LogP contribution in [0.15, 0.2) is 280 Å². The first kappa shape index (κ1) is 89.6. The molecule has 569 valence electrons. The van der Waals surface area contributed by atoms with Crippen molar-refractivity contribution in [2.45, 2.75) is 93.0 Å². The van der Waals surface area contributed by atoms with Crippen LogP contribution in [0.5, 0.6) is 0 Å². The number of hydrogen-bond donors (Lipinski definition) is 5. The molecule has 0 bridgehead atoms. The van der Waals surface area contributed by atoms with Gasteiger partial charge in [0.2, 0.25) is 0 Å². The van der Waals surface area contributed by atoms with Gasteiger partial charge in [0.15, 0.2) is 12.6 Å². The molecule has 3 radical (unpaired) electrons. The summed E-state index contributed by atoms with van der Waals surface area (Å²) in [7, 11) is 2.71. The Morgan fingerprint density at radius 3 is 0.817 bits per heavy atom. The molecule has 0 fully saturated rings. The first-order chi connectivity index (χ1) is 51.3. The summed E-state index contributed by atoms with van der Waals surface area (Å²) in [5.41, 5.74) is 20.8. The van der Waals surface area contributed by atoms with Crippen LogP contribution in [0, 0.1) is 59.7 Å². The van der Waals surface area contributed by atoms with Crippen molar-refractivity contribution in [1.82, 2.24) is 34.9 Å². The number of carboxylic acids is 1. The Bertz CT molecular complexity index is 4220. The van der Waals surface area contributed by atoms with Crippen LogP contribution >= 0.6 is 0 Å². The van der Waals surface area contributed by atoms with Crippen LogP contribution < -0.4 is 14.7 Å². The van der Waals surface area contributed by atoms with Crippen molar-refractivity contribution in [3.63, 3.8) is 0 Å². The van der Waals surface area contributed by atoms with Crippen molar-refractivity contribution in [2.24, 2.45) is 0 Å². The van der Waals surface area contributed by atoms with Gasteiger partial charge in [-0.25, -0.2) is 9.78 Å². The zero-order valence-corrected chi connectivity index (χ0v) is 69.4. The number of aromatic carboxylic acids is 1. The van der Waals surface area contributed by atoms with E-state index in [1.807, 2.05) is 96.1 Å². The SMILES string of the molecule is CC(O)CC(C)O.COC(O)CC(O)OC.Cc1cnc(-c2[c-]ccc(N(c3ccccc3)c3ccccc3)c2)c(C)n1.Cc1cnc(-c2[c-]ccc(N(c3ccccc3)c3ccccc3)c2)c(C)n1.Cc1cnc(-c2[c-]ccc(N(c3ccccc3)c3ccccc3)c2)c(C)n1.O=C(O)c1ccccn1.[Ir].[Ir].[Ir]. The second-order valence-corrected chi connectivity index (χ2v) is 24.3. The quantitative estimate of drug-likeness (QED) is 0.0374. The van der Waals surface area contributed by atoms with Crippen LogP contribution in [-0.2, 0) is 69.8 Å². The standard InChI is InChI=1S/3C24H20N3.C6H5NO2.C5H12O4.C5H12O2.3Ir/c3*1-18-17-25-24(19(2)26-18)20-10-9-15-23(16-20)27(21-11-5-3-6-12-21)22-13-7-4-8-14-22;8-6(9)5-3-1-2-4-7-5;1-8-4(6)3-5(7)9-2;1-4(6)3-5(2)7;;;/h3*3-9,11-17H,1-2H3;1-4H,(H,8,9);4-7H,3H2,1-2H3;4-7H,3H2,1-2H3;;;/q3*-1;;;;;;. The number of para-hydroxylation sites is 6. The Morgan fingerprint density at radius 2 is 0.624 bits per heavy atom. The predicted molar refractivity (Wildman–Crippen MR) is 421 cm³/mol. The van der Waals surface area contributed by atoms with E-state index in [1.165, 1.54) is 26.5 Å². The van der Waals surface area contributed by atoms with E-state index in [0.29, 0.717) is 6.42 Å². The smallest absolute Gasteiger partial charge is 0.354 e. The first-order valence-electron chi connectivity index (χ1n) is 34.4. The van der Waals surface area contributed by atoms with Crippen molar-refractivity contribution in [2.75, 3.05) is 28.9 Å². The molecule has 0 aliphatic carbocycles. The molecule has 0 amide bonds. The van der Waals surface area contributed by atoms with E-state index in [-0.39, 0.29) is 84.6 Å². The summed E-state index contributed by atoms with van der Waals surface area (Å²) in [5.74, 6) is -0.990. The van der Waals surface area contributed by atoms with Gasteiger partial charge in [0.25, 0.3) is 0 Å². The van der Waals surface area contributed by atoms with Crippen LogP contribution in [0.2, 0.25) is 0 Å². The van der Waals surface area contributed by atoms with Gasteiger partial charge in [-0.05, 0) is 164 Å². The number of anilines is 9. The minimum absolute atomic E-state index is 0. The molecule has 4 heterocycles. The van der Waals surface area contributed by atoms with E-state index in [1.54, 1.807) is 44.6 Å². The number of methoxy groups -OCH3 is 2. The summed E-state index contributed by atoms with van der Waals surface area (Å²) in [5, 5.41) is 42.8. The third-order valence-corrected chi connectivity index (χ3v) is 15.7. The molecule has 13 aromatic rings. The van der Waals surface area contributed by atoms with Gasteiger partial charge >= 0.3 is 5.97 Å². The van der Waals surface area contributed by atoms with Crippen LogP contribution in [0.25, 0.3) is 33.8 Å². The fraction of sp³-hybridized carbons (Fsp3) is 0.182. The van der Waals surface area contributed by atoms with Crippen molar-refractivity contribution < 1.29 is 100 Å². The van der Waals surface area contributed by atoms with E-state index < -0.39 is 18.5 Å². The second kappa shape index (κ2) is 47.0. The summed E-state index contributed by atoms with van der Waals surface area (Å²) in [6.07, 6.45) is 4.76. The molecule has 0 saturated carbocycles. The molecule has 0 spiro atoms. The van der Waals surface area contributed by atoms with Gasteiger partial charge in [-0.15, -0.1) is 89.5 Å². The van der Waals surface area contributed by atoms with Crippen molar-refractivity contribution >= 4 is 57.2 Å². The van der Waals surface area contributed by atoms with Crippen molar-refractivity contribution in [1.29, 1.82) is 0 Å². The average molecular weight is 1990 g/mol. The summed E-state index contributed by atoms with van der Waals surface area (Å²) in [6, 6.07) is 95.3. The first-order valence-corrected chi connectivity index (χ1v) is 34.4. The van der Waals surface area contributed by atoms with Crippen molar-refractivity contribution in [3.05, 3.63) is 338 Å². The number of hydrogen-bond acceptors (Lipinski definition) is 17. The zero-order valence-electron chi connectivity index (χ0n) is 62.2. The van der Waals surface area contributed by atoms with E-state index in [9.17, 15) is 4.79 Å². The second-order valence-electron chi connectivity index (χ2n) is 24.3. The summed E-state index contributed by atoms with van der Waals surface area (Å²) in [4.78, 5) is 47.8. The number of aromatic nitrogens is 7. The van der Waals surface area contributed by atoms with Crippen LogP contribution in [0.3, 0.4) is 0 Å². The molecule has 4 aromatic heterocycles. The number of benzene rings is 9. The predicted octanol–water partition coefficient (Wildman–Crippen LogP) is 18.3. The average Bonchev–Trinajstić information content (AvgIpc) is 0.808. The maximum atomic E-state index is 10.1. The third kappa shape index (κ3) is 28.2. The topological polar surface area (TPSA) is 237 Å². The Hall–Kier alpha value is -10.1. The van der Waals surface area contributed by atoms with Gasteiger partial charge in [0.05, 0.1) is 29.3 Å². The van der Waals surface area contributed by atoms with Gasteiger partial charge in [0.1, 0.15) is 5.69 Å². The molecule has 4 atom stereocenters. The normalized spacial score (nSPS) is 11.2. The number of carboxylic acid groups (broad SMARTS) is 1. The van der Waals surface area contributed by atoms with Gasteiger partial charge in [-0.1, -0.05) is 115 Å². The number of carbonyl (C=O) groups is 1. The molecule has 13 rings (SSSR count). The monoisotopic (exact) mass is 1990 g/mol. The van der Waals surface area contributed by atoms with Gasteiger partial charge in [-0.3, -0.25) is 15.0 Å². The Labute approximate surface area is 680 Å².